The van der Waals surface area contributed by atoms with E-state index in [1.807, 2.05) is 36.2 Å². The van der Waals surface area contributed by atoms with Gasteiger partial charge in [0.25, 0.3) is 0 Å². The zero-order valence-electron chi connectivity index (χ0n) is 12.7. The van der Waals surface area contributed by atoms with Crippen LogP contribution in [0.25, 0.3) is 0 Å². The third kappa shape index (κ3) is 3.90. The zero-order valence-corrected chi connectivity index (χ0v) is 13.5. The first kappa shape index (κ1) is 15.6. The lowest BCUT2D eigenvalue weighted by molar-refractivity contribution is 0.174. The standard InChI is InChI=1S/C17H17FN2O2S/c1-20(10-13-3-2-4-14(18)7-13)17(23)19-9-12-5-6-15-16(8-12)22-11-21-15/h2-8H,9-11H2,1H3,(H,19,23). The fourth-order valence-electron chi connectivity index (χ4n) is 2.34. The van der Waals surface area contributed by atoms with Gasteiger partial charge in [0.05, 0.1) is 0 Å². The summed E-state index contributed by atoms with van der Waals surface area (Å²) >= 11 is 5.37. The van der Waals surface area contributed by atoms with Crippen molar-refractivity contribution in [1.82, 2.24) is 10.2 Å². The number of nitrogens with one attached hydrogen (secondary N) is 1. The summed E-state index contributed by atoms with van der Waals surface area (Å²) in [6.45, 7) is 1.40. The summed E-state index contributed by atoms with van der Waals surface area (Å²) in [6, 6.07) is 12.3. The summed E-state index contributed by atoms with van der Waals surface area (Å²) in [5.41, 5.74) is 1.93. The van der Waals surface area contributed by atoms with E-state index in [-0.39, 0.29) is 12.6 Å². The number of rotatable bonds is 4. The first-order valence-electron chi connectivity index (χ1n) is 7.24. The van der Waals surface area contributed by atoms with E-state index in [1.54, 1.807) is 6.07 Å². The average molecular weight is 332 g/mol. The normalized spacial score (nSPS) is 12.1. The Balaban J connectivity index is 1.54. The Morgan fingerprint density at radius 2 is 2.00 bits per heavy atom. The number of thiocarbonyl (C=S) groups is 1. The molecule has 1 aliphatic rings. The molecule has 1 aliphatic heterocycles. The highest BCUT2D eigenvalue weighted by molar-refractivity contribution is 7.80. The highest BCUT2D eigenvalue weighted by Crippen LogP contribution is 2.32. The van der Waals surface area contributed by atoms with Crippen molar-refractivity contribution < 1.29 is 13.9 Å². The van der Waals surface area contributed by atoms with E-state index in [2.05, 4.69) is 5.32 Å². The van der Waals surface area contributed by atoms with Gasteiger partial charge in [0.15, 0.2) is 16.6 Å². The van der Waals surface area contributed by atoms with Gasteiger partial charge in [0.1, 0.15) is 5.82 Å². The van der Waals surface area contributed by atoms with E-state index in [0.717, 1.165) is 22.6 Å². The number of benzene rings is 2. The maximum atomic E-state index is 13.2. The van der Waals surface area contributed by atoms with Crippen molar-refractivity contribution >= 4 is 17.3 Å². The fourth-order valence-corrected chi connectivity index (χ4v) is 2.48. The van der Waals surface area contributed by atoms with E-state index >= 15 is 0 Å². The molecule has 0 aromatic heterocycles. The topological polar surface area (TPSA) is 33.7 Å². The van der Waals surface area contributed by atoms with Crippen molar-refractivity contribution in [2.45, 2.75) is 13.1 Å². The molecule has 120 valence electrons. The van der Waals surface area contributed by atoms with Crippen LogP contribution in [0.3, 0.4) is 0 Å². The molecule has 0 amide bonds. The predicted molar refractivity (Wildman–Crippen MR) is 89.9 cm³/mol. The van der Waals surface area contributed by atoms with E-state index in [0.29, 0.717) is 18.2 Å². The van der Waals surface area contributed by atoms with Crippen LogP contribution in [0.1, 0.15) is 11.1 Å². The van der Waals surface area contributed by atoms with Crippen LogP contribution in [0.2, 0.25) is 0 Å². The molecule has 2 aromatic rings. The average Bonchev–Trinajstić information content (AvgIpc) is 3.00. The Kier molecular flexibility index (Phi) is 4.62. The van der Waals surface area contributed by atoms with E-state index < -0.39 is 0 Å². The predicted octanol–water partition coefficient (Wildman–Crippen LogP) is 3.06. The molecule has 0 atom stereocenters. The molecular weight excluding hydrogens is 315 g/mol. The number of halogens is 1. The van der Waals surface area contributed by atoms with Crippen molar-refractivity contribution in [2.24, 2.45) is 0 Å². The van der Waals surface area contributed by atoms with Crippen LogP contribution in [0.15, 0.2) is 42.5 Å². The van der Waals surface area contributed by atoms with E-state index in [4.69, 9.17) is 21.7 Å². The molecule has 0 spiro atoms. The minimum absolute atomic E-state index is 0.241. The monoisotopic (exact) mass is 332 g/mol. The second kappa shape index (κ2) is 6.83. The summed E-state index contributed by atoms with van der Waals surface area (Å²) in [5.74, 6) is 1.28. The third-order valence-corrected chi connectivity index (χ3v) is 3.99. The molecule has 2 aromatic carbocycles. The highest BCUT2D eigenvalue weighted by Gasteiger charge is 2.13. The molecule has 0 saturated carbocycles. The smallest absolute Gasteiger partial charge is 0.231 e. The van der Waals surface area contributed by atoms with Gasteiger partial charge in [-0.25, -0.2) is 4.39 Å². The van der Waals surface area contributed by atoms with Gasteiger partial charge in [-0.15, -0.1) is 0 Å². The van der Waals surface area contributed by atoms with Gasteiger partial charge in [-0.1, -0.05) is 18.2 Å². The number of hydrogen-bond donors (Lipinski definition) is 1. The lowest BCUT2D eigenvalue weighted by atomic mass is 10.2. The second-order valence-electron chi connectivity index (χ2n) is 5.33. The number of nitrogens with zero attached hydrogens (tertiary/aromatic N) is 1. The van der Waals surface area contributed by atoms with Gasteiger partial charge >= 0.3 is 0 Å². The van der Waals surface area contributed by atoms with Crippen LogP contribution < -0.4 is 14.8 Å². The highest BCUT2D eigenvalue weighted by atomic mass is 32.1. The van der Waals surface area contributed by atoms with Crippen LogP contribution in [0.4, 0.5) is 4.39 Å². The Hall–Kier alpha value is -2.34. The van der Waals surface area contributed by atoms with E-state index in [9.17, 15) is 4.39 Å². The first-order chi connectivity index (χ1) is 11.1. The van der Waals surface area contributed by atoms with Crippen molar-refractivity contribution in [3.63, 3.8) is 0 Å². The second-order valence-corrected chi connectivity index (χ2v) is 5.72. The molecule has 0 fully saturated rings. The van der Waals surface area contributed by atoms with Crippen molar-refractivity contribution in [3.8, 4) is 11.5 Å². The lowest BCUT2D eigenvalue weighted by Crippen LogP contribution is -2.36. The summed E-state index contributed by atoms with van der Waals surface area (Å²) < 4.78 is 23.8. The molecule has 1 N–H and O–H groups in total. The molecule has 0 unspecified atom stereocenters. The Morgan fingerprint density at radius 3 is 2.83 bits per heavy atom. The summed E-state index contributed by atoms with van der Waals surface area (Å²) in [7, 11) is 1.87. The largest absolute Gasteiger partial charge is 0.454 e. The molecule has 1 heterocycles. The Bertz CT molecular complexity index is 723. The van der Waals surface area contributed by atoms with Crippen molar-refractivity contribution in [3.05, 3.63) is 59.4 Å². The maximum Gasteiger partial charge on any atom is 0.231 e. The zero-order chi connectivity index (χ0) is 16.2. The van der Waals surface area contributed by atoms with Gasteiger partial charge in [-0.2, -0.15) is 0 Å². The molecule has 6 heteroatoms. The molecule has 0 radical (unpaired) electrons. The van der Waals surface area contributed by atoms with Gasteiger partial charge in [0, 0.05) is 20.1 Å². The van der Waals surface area contributed by atoms with Crippen LogP contribution in [-0.2, 0) is 13.1 Å². The fraction of sp³-hybridized carbons (Fsp3) is 0.235. The Labute approximate surface area is 139 Å². The Morgan fingerprint density at radius 1 is 1.17 bits per heavy atom. The minimum Gasteiger partial charge on any atom is -0.454 e. The van der Waals surface area contributed by atoms with Crippen LogP contribution >= 0.6 is 12.2 Å². The number of ether oxygens (including phenoxy) is 2. The summed E-state index contributed by atoms with van der Waals surface area (Å²) in [6.07, 6.45) is 0. The number of hydrogen-bond acceptors (Lipinski definition) is 3. The summed E-state index contributed by atoms with van der Waals surface area (Å²) in [4.78, 5) is 1.87. The maximum absolute atomic E-state index is 13.2. The SMILES string of the molecule is CN(Cc1cccc(F)c1)C(=S)NCc1ccc2c(c1)OCO2. The first-order valence-corrected chi connectivity index (χ1v) is 7.64. The van der Waals surface area contributed by atoms with Gasteiger partial charge in [-0.3, -0.25) is 0 Å². The third-order valence-electron chi connectivity index (χ3n) is 3.54. The molecular formula is C17H17FN2O2S. The molecule has 4 nitrogen and oxygen atoms in total. The molecule has 0 aliphatic carbocycles. The van der Waals surface area contributed by atoms with Crippen LogP contribution in [0.5, 0.6) is 11.5 Å². The molecule has 23 heavy (non-hydrogen) atoms. The van der Waals surface area contributed by atoms with E-state index in [1.165, 1.54) is 12.1 Å². The van der Waals surface area contributed by atoms with Gasteiger partial charge < -0.3 is 19.7 Å². The van der Waals surface area contributed by atoms with Crippen LogP contribution in [-0.4, -0.2) is 23.9 Å². The molecule has 0 bridgehead atoms. The quantitative estimate of drug-likeness (QED) is 0.871. The van der Waals surface area contributed by atoms with Crippen LogP contribution in [0, 0.1) is 5.82 Å². The molecule has 0 saturated heterocycles. The minimum atomic E-state index is -0.241. The van der Waals surface area contributed by atoms with Crippen molar-refractivity contribution in [1.29, 1.82) is 0 Å². The summed E-state index contributed by atoms with van der Waals surface area (Å²) in [5, 5.41) is 3.80. The lowest BCUT2D eigenvalue weighted by Gasteiger charge is -2.21. The molecule has 3 rings (SSSR count). The van der Waals surface area contributed by atoms with Crippen molar-refractivity contribution in [2.75, 3.05) is 13.8 Å². The van der Waals surface area contributed by atoms with Gasteiger partial charge in [0.2, 0.25) is 6.79 Å². The number of fused-ring (bicyclic) bond motifs is 1. The van der Waals surface area contributed by atoms with Gasteiger partial charge in [-0.05, 0) is 47.6 Å².